The highest BCUT2D eigenvalue weighted by Crippen LogP contribution is 2.35. The zero-order chi connectivity index (χ0) is 29.8. The summed E-state index contributed by atoms with van der Waals surface area (Å²) in [6, 6.07) is 21.4. The fourth-order valence-corrected chi connectivity index (χ4v) is 5.83. The summed E-state index contributed by atoms with van der Waals surface area (Å²) in [5.41, 5.74) is 3.26. The molecule has 2 aromatic heterocycles. The Labute approximate surface area is 249 Å². The van der Waals surface area contributed by atoms with E-state index >= 15 is 0 Å². The highest BCUT2D eigenvalue weighted by atomic mass is 16.5. The molecule has 5 aromatic rings. The van der Waals surface area contributed by atoms with E-state index in [0.717, 1.165) is 48.5 Å². The summed E-state index contributed by atoms with van der Waals surface area (Å²) in [5.74, 6) is 0.370. The lowest BCUT2D eigenvalue weighted by Crippen LogP contribution is -2.48. The van der Waals surface area contributed by atoms with Gasteiger partial charge in [-0.2, -0.15) is 0 Å². The van der Waals surface area contributed by atoms with Crippen LogP contribution in [0.2, 0.25) is 0 Å². The number of amides is 2. The topological polar surface area (TPSA) is 111 Å². The summed E-state index contributed by atoms with van der Waals surface area (Å²) in [5, 5.41) is 12.6. The van der Waals surface area contributed by atoms with Gasteiger partial charge in [0.2, 0.25) is 11.8 Å². The second-order valence-corrected chi connectivity index (χ2v) is 10.7. The van der Waals surface area contributed by atoms with Gasteiger partial charge in [-0.1, -0.05) is 60.9 Å². The first-order valence-corrected chi connectivity index (χ1v) is 14.5. The Morgan fingerprint density at radius 2 is 1.67 bits per heavy atom. The second-order valence-electron chi connectivity index (χ2n) is 10.7. The molecular formula is C33H34N6O4. The normalized spacial score (nSPS) is 14.4. The van der Waals surface area contributed by atoms with E-state index in [1.54, 1.807) is 43.3 Å². The van der Waals surface area contributed by atoms with Crippen molar-refractivity contribution in [3.63, 3.8) is 0 Å². The molecule has 2 heterocycles. The summed E-state index contributed by atoms with van der Waals surface area (Å²) < 4.78 is 12.6. The van der Waals surface area contributed by atoms with Crippen LogP contribution in [0.15, 0.2) is 79.0 Å². The van der Waals surface area contributed by atoms with Crippen molar-refractivity contribution in [1.82, 2.24) is 25.3 Å². The smallest absolute Gasteiger partial charge is 0.249 e. The van der Waals surface area contributed by atoms with Crippen LogP contribution in [0.1, 0.15) is 43.7 Å². The van der Waals surface area contributed by atoms with Crippen LogP contribution >= 0.6 is 0 Å². The molecule has 1 saturated carbocycles. The minimum absolute atomic E-state index is 0.0369. The molecular weight excluding hydrogens is 544 g/mol. The van der Waals surface area contributed by atoms with E-state index < -0.39 is 6.04 Å². The third-order valence-electron chi connectivity index (χ3n) is 8.01. The predicted molar refractivity (Wildman–Crippen MR) is 164 cm³/mol. The number of pyridine rings is 1. The minimum Gasteiger partial charge on any atom is -0.493 e. The Hall–Kier alpha value is -4.99. The highest BCUT2D eigenvalue weighted by Gasteiger charge is 2.35. The first-order valence-electron chi connectivity index (χ1n) is 14.5. The molecule has 0 spiro atoms. The lowest BCUT2D eigenvalue weighted by molar-refractivity contribution is -0.127. The first-order chi connectivity index (χ1) is 21.1. The van der Waals surface area contributed by atoms with Gasteiger partial charge in [-0.15, -0.1) is 5.10 Å². The van der Waals surface area contributed by atoms with Gasteiger partial charge < -0.3 is 14.8 Å². The van der Waals surface area contributed by atoms with Gasteiger partial charge >= 0.3 is 0 Å². The Morgan fingerprint density at radius 1 is 0.930 bits per heavy atom. The summed E-state index contributed by atoms with van der Waals surface area (Å²) in [4.78, 5) is 34.9. The van der Waals surface area contributed by atoms with Crippen LogP contribution in [0.5, 0.6) is 11.5 Å². The van der Waals surface area contributed by atoms with Gasteiger partial charge in [0.25, 0.3) is 0 Å². The van der Waals surface area contributed by atoms with Gasteiger partial charge in [-0.05, 0) is 54.8 Å². The van der Waals surface area contributed by atoms with Crippen molar-refractivity contribution in [2.45, 2.75) is 50.7 Å². The number of para-hydroxylation sites is 2. The van der Waals surface area contributed by atoms with Gasteiger partial charge in [-0.25, -0.2) is 4.68 Å². The molecule has 0 unspecified atom stereocenters. The number of rotatable bonds is 9. The number of benzene rings is 3. The SMILES string of the molecule is COc1ccc([C@@H](C(=O)NC2CCCCC2)N(C(=O)Cn2nnc3ccccc32)c2cnc3ccccc3c2)cc1OC. The zero-order valence-corrected chi connectivity index (χ0v) is 24.3. The highest BCUT2D eigenvalue weighted by molar-refractivity contribution is 6.02. The Morgan fingerprint density at radius 3 is 2.47 bits per heavy atom. The van der Waals surface area contributed by atoms with Crippen molar-refractivity contribution in [3.8, 4) is 11.5 Å². The number of nitrogens with one attached hydrogen (secondary N) is 1. The number of carbonyl (C=O) groups is 2. The van der Waals surface area contributed by atoms with Crippen molar-refractivity contribution < 1.29 is 19.1 Å². The van der Waals surface area contributed by atoms with E-state index in [0.29, 0.717) is 28.3 Å². The summed E-state index contributed by atoms with van der Waals surface area (Å²) >= 11 is 0. The van der Waals surface area contributed by atoms with E-state index in [2.05, 4.69) is 20.6 Å². The minimum atomic E-state index is -1.02. The molecule has 0 saturated heterocycles. The van der Waals surface area contributed by atoms with Crippen LogP contribution in [-0.2, 0) is 16.1 Å². The van der Waals surface area contributed by atoms with E-state index in [1.807, 2.05) is 54.6 Å². The molecule has 1 fully saturated rings. The van der Waals surface area contributed by atoms with Gasteiger partial charge in [0.05, 0.1) is 37.1 Å². The maximum atomic E-state index is 14.5. The Balaban J connectivity index is 1.48. The molecule has 3 aromatic carbocycles. The molecule has 0 aliphatic heterocycles. The summed E-state index contributed by atoms with van der Waals surface area (Å²) in [6.45, 7) is -0.131. The fourth-order valence-electron chi connectivity index (χ4n) is 5.83. The number of ether oxygens (including phenoxy) is 2. The molecule has 10 nitrogen and oxygen atoms in total. The van der Waals surface area contributed by atoms with Crippen LogP contribution in [-0.4, -0.2) is 52.1 Å². The summed E-state index contributed by atoms with van der Waals surface area (Å²) in [7, 11) is 3.11. The molecule has 6 rings (SSSR count). The monoisotopic (exact) mass is 578 g/mol. The van der Waals surface area contributed by atoms with E-state index in [4.69, 9.17) is 9.47 Å². The number of fused-ring (bicyclic) bond motifs is 2. The Bertz CT molecular complexity index is 1760. The lowest BCUT2D eigenvalue weighted by atomic mass is 9.94. The largest absolute Gasteiger partial charge is 0.493 e. The number of nitrogens with zero attached hydrogens (tertiary/aromatic N) is 5. The van der Waals surface area contributed by atoms with E-state index in [-0.39, 0.29) is 24.4 Å². The maximum absolute atomic E-state index is 14.5. The molecule has 1 atom stereocenters. The van der Waals surface area contributed by atoms with Gasteiger partial charge in [-0.3, -0.25) is 19.5 Å². The zero-order valence-electron chi connectivity index (χ0n) is 24.3. The third-order valence-corrected chi connectivity index (χ3v) is 8.01. The van der Waals surface area contributed by atoms with Crippen LogP contribution in [0.4, 0.5) is 5.69 Å². The predicted octanol–water partition coefficient (Wildman–Crippen LogP) is 5.22. The molecule has 1 aliphatic rings. The van der Waals surface area contributed by atoms with Crippen molar-refractivity contribution in [2.24, 2.45) is 0 Å². The molecule has 10 heteroatoms. The quantitative estimate of drug-likeness (QED) is 0.255. The molecule has 1 aliphatic carbocycles. The molecule has 1 N–H and O–H groups in total. The van der Waals surface area contributed by atoms with Gasteiger partial charge in [0, 0.05) is 11.4 Å². The van der Waals surface area contributed by atoms with E-state index in [9.17, 15) is 9.59 Å². The van der Waals surface area contributed by atoms with Crippen LogP contribution in [0.3, 0.4) is 0 Å². The van der Waals surface area contributed by atoms with Crippen LogP contribution in [0.25, 0.3) is 21.9 Å². The van der Waals surface area contributed by atoms with Crippen LogP contribution < -0.4 is 19.7 Å². The van der Waals surface area contributed by atoms with E-state index in [1.165, 1.54) is 4.90 Å². The average Bonchev–Trinajstić information content (AvgIpc) is 3.45. The first kappa shape index (κ1) is 28.1. The second kappa shape index (κ2) is 12.5. The number of carbonyl (C=O) groups excluding carboxylic acids is 2. The number of aromatic nitrogens is 4. The molecule has 2 amide bonds. The number of hydrogen-bond acceptors (Lipinski definition) is 7. The standard InChI is InChI=1S/C33H34N6O4/c1-42-29-17-16-23(19-30(29)43-2)32(33(41)35-24-11-4-3-5-12-24)39(25-18-22-10-6-7-13-26(22)34-20-25)31(40)21-38-28-15-9-8-14-27(28)36-37-38/h6-10,13-20,24,32H,3-5,11-12,21H2,1-2H3,(H,35,41)/t32-/m0/s1. The van der Waals surface area contributed by atoms with Crippen molar-refractivity contribution in [1.29, 1.82) is 0 Å². The van der Waals surface area contributed by atoms with Crippen molar-refractivity contribution in [2.75, 3.05) is 19.1 Å². The lowest BCUT2D eigenvalue weighted by Gasteiger charge is -2.33. The van der Waals surface area contributed by atoms with Crippen molar-refractivity contribution >= 4 is 39.4 Å². The average molecular weight is 579 g/mol. The fraction of sp³-hybridized carbons (Fsp3) is 0.303. The van der Waals surface area contributed by atoms with Crippen molar-refractivity contribution in [3.05, 3.63) is 84.6 Å². The number of anilines is 1. The number of methoxy groups -OCH3 is 2. The van der Waals surface area contributed by atoms with Gasteiger partial charge in [0.1, 0.15) is 18.1 Å². The molecule has 0 bridgehead atoms. The molecule has 220 valence electrons. The summed E-state index contributed by atoms with van der Waals surface area (Å²) in [6.07, 6.45) is 6.72. The molecule has 43 heavy (non-hydrogen) atoms. The third kappa shape index (κ3) is 5.86. The number of hydrogen-bond donors (Lipinski definition) is 1. The maximum Gasteiger partial charge on any atom is 0.249 e. The Kier molecular flexibility index (Phi) is 8.17. The van der Waals surface area contributed by atoms with Crippen LogP contribution in [0, 0.1) is 0 Å². The molecule has 0 radical (unpaired) electrons. The van der Waals surface area contributed by atoms with Gasteiger partial charge in [0.15, 0.2) is 11.5 Å².